The van der Waals surface area contributed by atoms with E-state index in [1.54, 1.807) is 24.3 Å². The number of fused-ring (bicyclic) bond motifs is 1. The summed E-state index contributed by atoms with van der Waals surface area (Å²) in [6, 6.07) is 23.0. The normalized spacial score (nSPS) is 14.9. The molecule has 180 valence electrons. The number of ether oxygens (including phenoxy) is 2. The number of methoxy groups -OCH3 is 1. The highest BCUT2D eigenvalue weighted by molar-refractivity contribution is 6.39. The van der Waals surface area contributed by atoms with Gasteiger partial charge >= 0.3 is 6.03 Å². The van der Waals surface area contributed by atoms with Crippen molar-refractivity contribution in [2.45, 2.75) is 6.54 Å². The minimum Gasteiger partial charge on any atom is -0.497 e. The fourth-order valence-corrected chi connectivity index (χ4v) is 4.15. The Hall–Kier alpha value is -4.85. The first-order chi connectivity index (χ1) is 17.5. The number of hydrogen-bond acceptors (Lipinski definition) is 5. The van der Waals surface area contributed by atoms with Gasteiger partial charge in [0.25, 0.3) is 11.8 Å². The Morgan fingerprint density at radius 2 is 1.64 bits per heavy atom. The molecule has 1 aromatic heterocycles. The largest absolute Gasteiger partial charge is 0.497 e. The van der Waals surface area contributed by atoms with E-state index in [9.17, 15) is 14.4 Å². The van der Waals surface area contributed by atoms with E-state index in [0.29, 0.717) is 30.2 Å². The maximum Gasteiger partial charge on any atom is 0.335 e. The number of carbonyl (C=O) groups is 3. The van der Waals surface area contributed by atoms with Gasteiger partial charge in [0.1, 0.15) is 23.7 Å². The number of imide groups is 2. The van der Waals surface area contributed by atoms with Gasteiger partial charge in [-0.05, 0) is 36.4 Å². The summed E-state index contributed by atoms with van der Waals surface area (Å²) < 4.78 is 13.1. The third kappa shape index (κ3) is 4.44. The molecule has 8 nitrogen and oxygen atoms in total. The molecule has 3 aromatic carbocycles. The number of carbonyl (C=O) groups excluding carboxylic acids is 3. The smallest absolute Gasteiger partial charge is 0.335 e. The van der Waals surface area contributed by atoms with E-state index < -0.39 is 17.8 Å². The second-order valence-electron chi connectivity index (χ2n) is 8.12. The molecular weight excluding hydrogens is 458 g/mol. The van der Waals surface area contributed by atoms with Crippen LogP contribution in [0.1, 0.15) is 5.56 Å². The van der Waals surface area contributed by atoms with Crippen LogP contribution in [0.15, 0.2) is 90.6 Å². The molecule has 4 aromatic rings. The van der Waals surface area contributed by atoms with Crippen molar-refractivity contribution in [1.29, 1.82) is 0 Å². The SMILES string of the molecule is COc1cccc(N2C(=O)NC(=O)/C(=C\c3cn(CCOc4ccccc4)c4ccccc34)C2=O)c1. The first-order valence-corrected chi connectivity index (χ1v) is 11.4. The minimum atomic E-state index is -0.809. The predicted molar refractivity (Wildman–Crippen MR) is 136 cm³/mol. The van der Waals surface area contributed by atoms with Gasteiger partial charge in [-0.3, -0.25) is 14.9 Å². The van der Waals surface area contributed by atoms with E-state index in [2.05, 4.69) is 5.32 Å². The lowest BCUT2D eigenvalue weighted by Crippen LogP contribution is -2.54. The Labute approximate surface area is 207 Å². The van der Waals surface area contributed by atoms with Gasteiger partial charge in [0, 0.05) is 28.7 Å². The molecule has 0 atom stereocenters. The Morgan fingerprint density at radius 3 is 2.44 bits per heavy atom. The third-order valence-corrected chi connectivity index (χ3v) is 5.88. The lowest BCUT2D eigenvalue weighted by molar-refractivity contribution is -0.122. The molecule has 0 saturated carbocycles. The molecule has 4 amide bonds. The Bertz CT molecular complexity index is 1490. The zero-order valence-corrected chi connectivity index (χ0v) is 19.5. The van der Waals surface area contributed by atoms with Gasteiger partial charge in [-0.1, -0.05) is 42.5 Å². The van der Waals surface area contributed by atoms with E-state index in [1.165, 1.54) is 13.2 Å². The van der Waals surface area contributed by atoms with E-state index in [4.69, 9.17) is 9.47 Å². The molecule has 0 spiro atoms. The lowest BCUT2D eigenvalue weighted by atomic mass is 10.1. The van der Waals surface area contributed by atoms with Crippen LogP contribution in [0.4, 0.5) is 10.5 Å². The highest BCUT2D eigenvalue weighted by atomic mass is 16.5. The van der Waals surface area contributed by atoms with Crippen molar-refractivity contribution in [3.63, 3.8) is 0 Å². The number of amides is 4. The molecule has 5 rings (SSSR count). The number of hydrogen-bond donors (Lipinski definition) is 1. The van der Waals surface area contributed by atoms with Gasteiger partial charge in [0.2, 0.25) is 0 Å². The van der Waals surface area contributed by atoms with Crippen LogP contribution in [0.3, 0.4) is 0 Å². The van der Waals surface area contributed by atoms with E-state index >= 15 is 0 Å². The minimum absolute atomic E-state index is 0.138. The second-order valence-corrected chi connectivity index (χ2v) is 8.12. The maximum absolute atomic E-state index is 13.3. The van der Waals surface area contributed by atoms with E-state index in [-0.39, 0.29) is 5.57 Å². The van der Waals surface area contributed by atoms with Gasteiger partial charge in [-0.2, -0.15) is 0 Å². The molecule has 0 bridgehead atoms. The Balaban J connectivity index is 1.46. The second kappa shape index (κ2) is 9.79. The molecule has 8 heteroatoms. The standard InChI is InChI=1S/C28H23N3O5/c1-35-22-11-7-8-20(17-22)31-27(33)24(26(32)29-28(31)34)16-19-18-30(25-13-6-5-12-23(19)25)14-15-36-21-9-3-2-4-10-21/h2-13,16-18H,14-15H2,1H3,(H,29,32,34)/b24-16+. The Morgan fingerprint density at radius 1 is 0.889 bits per heavy atom. The summed E-state index contributed by atoms with van der Waals surface area (Å²) in [5.41, 5.74) is 1.78. The highest BCUT2D eigenvalue weighted by Crippen LogP contribution is 2.28. The van der Waals surface area contributed by atoms with Crippen molar-refractivity contribution in [3.05, 3.63) is 96.2 Å². The molecule has 0 unspecified atom stereocenters. The molecular formula is C28H23N3O5. The number of anilines is 1. The Kier molecular flexibility index (Phi) is 6.23. The average molecular weight is 482 g/mol. The molecule has 1 N–H and O–H groups in total. The van der Waals surface area contributed by atoms with Crippen molar-refractivity contribution < 1.29 is 23.9 Å². The van der Waals surface area contributed by atoms with Gasteiger partial charge in [-0.25, -0.2) is 9.69 Å². The van der Waals surface area contributed by atoms with Crippen molar-refractivity contribution in [3.8, 4) is 11.5 Å². The van der Waals surface area contributed by atoms with Crippen molar-refractivity contribution in [1.82, 2.24) is 9.88 Å². The number of aromatic nitrogens is 1. The fraction of sp³-hybridized carbons (Fsp3) is 0.107. The summed E-state index contributed by atoms with van der Waals surface area (Å²) >= 11 is 0. The maximum atomic E-state index is 13.3. The number of rotatable bonds is 7. The predicted octanol–water partition coefficient (Wildman–Crippen LogP) is 4.40. The average Bonchev–Trinajstić information content (AvgIpc) is 3.24. The number of para-hydroxylation sites is 2. The van der Waals surface area contributed by atoms with E-state index in [1.807, 2.05) is 65.4 Å². The fourth-order valence-electron chi connectivity index (χ4n) is 4.15. The summed E-state index contributed by atoms with van der Waals surface area (Å²) in [5.74, 6) is -0.186. The van der Waals surface area contributed by atoms with Gasteiger partial charge < -0.3 is 14.0 Å². The van der Waals surface area contributed by atoms with Crippen LogP contribution in [0.25, 0.3) is 17.0 Å². The number of benzene rings is 3. The van der Waals surface area contributed by atoms with Crippen LogP contribution in [0.5, 0.6) is 11.5 Å². The van der Waals surface area contributed by atoms with Crippen LogP contribution in [-0.2, 0) is 16.1 Å². The molecule has 1 saturated heterocycles. The third-order valence-electron chi connectivity index (χ3n) is 5.88. The first kappa shape index (κ1) is 22.9. The molecule has 2 heterocycles. The van der Waals surface area contributed by atoms with Gasteiger partial charge in [0.15, 0.2) is 0 Å². The quantitative estimate of drug-likeness (QED) is 0.312. The summed E-state index contributed by atoms with van der Waals surface area (Å²) in [7, 11) is 1.49. The number of nitrogens with one attached hydrogen (secondary N) is 1. The summed E-state index contributed by atoms with van der Waals surface area (Å²) in [4.78, 5) is 39.5. The van der Waals surface area contributed by atoms with Crippen LogP contribution < -0.4 is 19.7 Å². The lowest BCUT2D eigenvalue weighted by Gasteiger charge is -2.26. The van der Waals surface area contributed by atoms with Crippen LogP contribution in [0.2, 0.25) is 0 Å². The first-order valence-electron chi connectivity index (χ1n) is 11.4. The topological polar surface area (TPSA) is 89.9 Å². The van der Waals surface area contributed by atoms with E-state index in [0.717, 1.165) is 21.6 Å². The molecule has 0 aliphatic carbocycles. The monoisotopic (exact) mass is 481 g/mol. The van der Waals surface area contributed by atoms with Gasteiger partial charge in [-0.15, -0.1) is 0 Å². The summed E-state index contributed by atoms with van der Waals surface area (Å²) in [6.07, 6.45) is 3.40. The number of nitrogens with zero attached hydrogens (tertiary/aromatic N) is 2. The number of urea groups is 1. The molecule has 1 aliphatic heterocycles. The van der Waals surface area contributed by atoms with Crippen LogP contribution in [-0.4, -0.2) is 36.1 Å². The van der Waals surface area contributed by atoms with Crippen LogP contribution in [0, 0.1) is 0 Å². The zero-order chi connectivity index (χ0) is 25.1. The number of barbiturate groups is 1. The molecule has 0 radical (unpaired) electrons. The zero-order valence-electron chi connectivity index (χ0n) is 19.5. The molecule has 1 aliphatic rings. The van der Waals surface area contributed by atoms with Crippen LogP contribution >= 0.6 is 0 Å². The van der Waals surface area contributed by atoms with Crippen molar-refractivity contribution in [2.24, 2.45) is 0 Å². The molecule has 36 heavy (non-hydrogen) atoms. The molecule has 1 fully saturated rings. The summed E-state index contributed by atoms with van der Waals surface area (Å²) in [5, 5.41) is 3.14. The van der Waals surface area contributed by atoms with Crippen molar-refractivity contribution in [2.75, 3.05) is 18.6 Å². The van der Waals surface area contributed by atoms with Gasteiger partial charge in [0.05, 0.1) is 19.3 Å². The summed E-state index contributed by atoms with van der Waals surface area (Å²) in [6.45, 7) is 1.00. The highest BCUT2D eigenvalue weighted by Gasteiger charge is 2.37. The van der Waals surface area contributed by atoms with Crippen molar-refractivity contribution >= 4 is 40.5 Å².